The SMILES string of the molecule is CC(C)[O-].CCC(O)(C(=O)[O-])C(O)(CC)C(=O)[O-].[Ti+4]. The molecule has 0 aromatic carbocycles. The summed E-state index contributed by atoms with van der Waals surface area (Å²) in [5.41, 5.74) is -5.67. The van der Waals surface area contributed by atoms with Crippen molar-refractivity contribution in [3.05, 3.63) is 0 Å². The fraction of sp³-hybridized carbons (Fsp3) is 0.818. The van der Waals surface area contributed by atoms with E-state index in [4.69, 9.17) is 0 Å². The summed E-state index contributed by atoms with van der Waals surface area (Å²) in [6.07, 6.45) is -1.40. The molecule has 2 N–H and O–H groups in total. The summed E-state index contributed by atoms with van der Waals surface area (Å²) < 4.78 is 0. The van der Waals surface area contributed by atoms with Crippen molar-refractivity contribution in [2.24, 2.45) is 0 Å². The zero-order valence-electron chi connectivity index (χ0n) is 11.4. The van der Waals surface area contributed by atoms with Crippen molar-refractivity contribution in [1.82, 2.24) is 0 Å². The van der Waals surface area contributed by atoms with Crippen molar-refractivity contribution in [2.45, 2.75) is 57.8 Å². The molecule has 19 heavy (non-hydrogen) atoms. The predicted octanol–water partition coefficient (Wildman–Crippen LogP) is -3.48. The van der Waals surface area contributed by atoms with Crippen LogP contribution in [0.15, 0.2) is 0 Å². The number of aliphatic carboxylic acids is 2. The minimum absolute atomic E-state index is 0. The summed E-state index contributed by atoms with van der Waals surface area (Å²) in [5, 5.41) is 49.5. The molecule has 0 radical (unpaired) electrons. The van der Waals surface area contributed by atoms with E-state index in [9.17, 15) is 35.1 Å². The van der Waals surface area contributed by atoms with Crippen molar-refractivity contribution in [1.29, 1.82) is 0 Å². The van der Waals surface area contributed by atoms with Crippen LogP contribution in [0.5, 0.6) is 0 Å². The van der Waals surface area contributed by atoms with Gasteiger partial charge in [0.25, 0.3) is 0 Å². The number of carbonyl (C=O) groups is 2. The first-order valence-electron chi connectivity index (χ1n) is 5.53. The van der Waals surface area contributed by atoms with Crippen molar-refractivity contribution in [3.8, 4) is 0 Å². The minimum Gasteiger partial charge on any atom is -0.852 e. The van der Waals surface area contributed by atoms with E-state index in [-0.39, 0.29) is 21.7 Å². The molecule has 0 amide bonds. The van der Waals surface area contributed by atoms with E-state index in [2.05, 4.69) is 0 Å². The van der Waals surface area contributed by atoms with Crippen LogP contribution in [0.25, 0.3) is 0 Å². The van der Waals surface area contributed by atoms with Crippen LogP contribution in [-0.2, 0) is 31.3 Å². The number of hydrogen-bond acceptors (Lipinski definition) is 7. The fourth-order valence-electron chi connectivity index (χ4n) is 1.21. The van der Waals surface area contributed by atoms with Gasteiger partial charge in [-0.2, -0.15) is 0 Å². The van der Waals surface area contributed by atoms with Crippen LogP contribution in [0.1, 0.15) is 40.5 Å². The quantitative estimate of drug-likeness (QED) is 0.502. The first-order chi connectivity index (χ1) is 7.99. The molecule has 0 aromatic rings. The van der Waals surface area contributed by atoms with Gasteiger partial charge in [-0.25, -0.2) is 0 Å². The number of carboxylic acids is 2. The number of carbonyl (C=O) groups excluding carboxylic acids is 2. The van der Waals surface area contributed by atoms with Gasteiger partial charge in [0.15, 0.2) is 0 Å². The Balaban J connectivity index is -0.000000448. The molecular formula is C11H19O7Ti+. The smallest absolute Gasteiger partial charge is 0.852 e. The summed E-state index contributed by atoms with van der Waals surface area (Å²) >= 11 is 0. The van der Waals surface area contributed by atoms with Gasteiger partial charge in [0.2, 0.25) is 0 Å². The molecular weight excluding hydrogens is 292 g/mol. The number of aliphatic hydroxyl groups is 2. The van der Waals surface area contributed by atoms with Gasteiger partial charge in [0, 0.05) is 0 Å². The van der Waals surface area contributed by atoms with Gasteiger partial charge >= 0.3 is 21.7 Å². The average molecular weight is 311 g/mol. The van der Waals surface area contributed by atoms with Gasteiger partial charge in [-0.3, -0.25) is 0 Å². The van der Waals surface area contributed by atoms with Gasteiger partial charge in [0.1, 0.15) is 11.2 Å². The Labute approximate surface area is 127 Å². The van der Waals surface area contributed by atoms with E-state index in [0.29, 0.717) is 0 Å². The van der Waals surface area contributed by atoms with E-state index in [1.807, 2.05) is 0 Å². The third-order valence-corrected chi connectivity index (χ3v) is 2.38. The number of carboxylic acid groups (broad SMARTS) is 2. The van der Waals surface area contributed by atoms with E-state index < -0.39 is 42.1 Å². The molecule has 7 nitrogen and oxygen atoms in total. The molecule has 8 heteroatoms. The normalized spacial score (nSPS) is 16.2. The maximum absolute atomic E-state index is 10.6. The van der Waals surface area contributed by atoms with Crippen LogP contribution in [0.4, 0.5) is 0 Å². The second-order valence-corrected chi connectivity index (χ2v) is 4.05. The maximum atomic E-state index is 10.6. The Bertz CT molecular complexity index is 266. The number of hydrogen-bond donors (Lipinski definition) is 2. The molecule has 0 fully saturated rings. The van der Waals surface area contributed by atoms with Crippen molar-refractivity contribution < 1.29 is 56.8 Å². The summed E-state index contributed by atoms with van der Waals surface area (Å²) in [5.74, 6) is -4.07. The zero-order valence-corrected chi connectivity index (χ0v) is 13.0. The second-order valence-electron chi connectivity index (χ2n) is 4.05. The van der Waals surface area contributed by atoms with Gasteiger partial charge in [-0.15, -0.1) is 6.10 Å². The second kappa shape index (κ2) is 9.44. The van der Waals surface area contributed by atoms with E-state index >= 15 is 0 Å². The Kier molecular flexibility index (Phi) is 11.7. The Morgan fingerprint density at radius 1 is 1.00 bits per heavy atom. The predicted molar refractivity (Wildman–Crippen MR) is 55.6 cm³/mol. The molecule has 0 bridgehead atoms. The van der Waals surface area contributed by atoms with Gasteiger partial charge in [-0.1, -0.05) is 27.7 Å². The van der Waals surface area contributed by atoms with E-state index in [0.717, 1.165) is 0 Å². The van der Waals surface area contributed by atoms with Gasteiger partial charge < -0.3 is 35.1 Å². The van der Waals surface area contributed by atoms with Crippen molar-refractivity contribution in [2.75, 3.05) is 0 Å². The largest absolute Gasteiger partial charge is 4.00 e. The third kappa shape index (κ3) is 6.01. The van der Waals surface area contributed by atoms with E-state index in [1.54, 1.807) is 13.8 Å². The van der Waals surface area contributed by atoms with Crippen LogP contribution in [0.2, 0.25) is 0 Å². The topological polar surface area (TPSA) is 144 Å². The Morgan fingerprint density at radius 3 is 1.21 bits per heavy atom. The van der Waals surface area contributed by atoms with Crippen LogP contribution in [-0.4, -0.2) is 39.5 Å². The Hall–Kier alpha value is -0.466. The maximum Gasteiger partial charge on any atom is 4.00 e. The molecule has 0 rings (SSSR count). The number of rotatable bonds is 5. The summed E-state index contributed by atoms with van der Waals surface area (Å²) in [6, 6.07) is 0. The molecule has 2 unspecified atom stereocenters. The molecule has 0 aliphatic carbocycles. The summed E-state index contributed by atoms with van der Waals surface area (Å²) in [6.45, 7) is 5.67. The first-order valence-corrected chi connectivity index (χ1v) is 5.53. The average Bonchev–Trinajstić information content (AvgIpc) is 2.25. The molecule has 0 aliphatic heterocycles. The van der Waals surface area contributed by atoms with Crippen molar-refractivity contribution >= 4 is 11.9 Å². The molecule has 0 heterocycles. The van der Waals surface area contributed by atoms with Crippen LogP contribution in [0, 0.1) is 0 Å². The van der Waals surface area contributed by atoms with Crippen LogP contribution < -0.4 is 15.3 Å². The standard InChI is InChI=1S/C8H14O6.C3H7O.Ti/c1-3-7(13,5(9)10)8(14,4-2)6(11)12;1-3(2)4;/h13-14H,3-4H2,1-2H3,(H,9,10)(H,11,12);3H,1-2H3;/q;-1;+4/p-2. The summed E-state index contributed by atoms with van der Waals surface area (Å²) in [4.78, 5) is 21.1. The molecule has 108 valence electrons. The van der Waals surface area contributed by atoms with Crippen LogP contribution in [0.3, 0.4) is 0 Å². The zero-order chi connectivity index (χ0) is 15.1. The van der Waals surface area contributed by atoms with Crippen LogP contribution >= 0.6 is 0 Å². The van der Waals surface area contributed by atoms with Gasteiger partial charge in [-0.05, 0) is 12.8 Å². The molecule has 0 saturated carbocycles. The minimum atomic E-state index is -2.83. The monoisotopic (exact) mass is 311 g/mol. The molecule has 0 spiro atoms. The molecule has 0 aromatic heterocycles. The fourth-order valence-corrected chi connectivity index (χ4v) is 1.21. The molecule has 0 saturated heterocycles. The molecule has 0 aliphatic rings. The van der Waals surface area contributed by atoms with Crippen molar-refractivity contribution in [3.63, 3.8) is 0 Å². The Morgan fingerprint density at radius 2 is 1.16 bits per heavy atom. The first kappa shape index (κ1) is 23.6. The molecule has 2 atom stereocenters. The van der Waals surface area contributed by atoms with E-state index in [1.165, 1.54) is 13.8 Å². The summed E-state index contributed by atoms with van der Waals surface area (Å²) in [7, 11) is 0. The third-order valence-electron chi connectivity index (χ3n) is 2.38. The van der Waals surface area contributed by atoms with Gasteiger partial charge in [0.05, 0.1) is 11.9 Å².